The van der Waals surface area contributed by atoms with E-state index in [4.69, 9.17) is 5.26 Å². The lowest BCUT2D eigenvalue weighted by atomic mass is 9.82. The SMILES string of the molecule is CC(C)(C)N(C(=O)O)[C@@H](CC1CCCCC1)[C@H](O)CNCc1ccc(C#N)cc1. The number of carboxylic acid groups (broad SMARTS) is 1. The first-order valence-corrected chi connectivity index (χ1v) is 10.6. The van der Waals surface area contributed by atoms with Crippen molar-refractivity contribution in [3.8, 4) is 6.07 Å². The molecule has 0 saturated heterocycles. The van der Waals surface area contributed by atoms with Gasteiger partial charge in [-0.2, -0.15) is 5.26 Å². The highest BCUT2D eigenvalue weighted by molar-refractivity contribution is 5.66. The topological polar surface area (TPSA) is 96.6 Å². The molecule has 0 unspecified atom stereocenters. The second kappa shape index (κ2) is 10.6. The van der Waals surface area contributed by atoms with Gasteiger partial charge in [-0.25, -0.2) is 4.79 Å². The van der Waals surface area contributed by atoms with Crippen molar-refractivity contribution in [3.63, 3.8) is 0 Å². The lowest BCUT2D eigenvalue weighted by Crippen LogP contribution is -2.57. The lowest BCUT2D eigenvalue weighted by molar-refractivity contribution is -0.00453. The molecular formula is C23H35N3O3. The van der Waals surface area contributed by atoms with E-state index in [2.05, 4.69) is 11.4 Å². The molecule has 1 aliphatic carbocycles. The zero-order valence-electron chi connectivity index (χ0n) is 17.9. The fourth-order valence-corrected chi connectivity index (χ4v) is 4.32. The second-order valence-electron chi connectivity index (χ2n) is 9.14. The van der Waals surface area contributed by atoms with Gasteiger partial charge in [0.1, 0.15) is 0 Å². The van der Waals surface area contributed by atoms with Gasteiger partial charge in [0.05, 0.1) is 23.8 Å². The summed E-state index contributed by atoms with van der Waals surface area (Å²) in [5.41, 5.74) is 1.05. The van der Waals surface area contributed by atoms with E-state index in [0.717, 1.165) is 18.4 Å². The van der Waals surface area contributed by atoms with Crippen LogP contribution in [0.4, 0.5) is 4.79 Å². The number of nitrogens with zero attached hydrogens (tertiary/aromatic N) is 2. The van der Waals surface area contributed by atoms with Gasteiger partial charge in [-0.15, -0.1) is 0 Å². The Labute approximate surface area is 174 Å². The zero-order valence-corrected chi connectivity index (χ0v) is 17.9. The minimum absolute atomic E-state index is 0.317. The number of rotatable bonds is 8. The summed E-state index contributed by atoms with van der Waals surface area (Å²) in [4.78, 5) is 13.5. The van der Waals surface area contributed by atoms with Gasteiger partial charge in [-0.3, -0.25) is 4.90 Å². The molecule has 1 amide bonds. The molecule has 2 rings (SSSR count). The molecular weight excluding hydrogens is 366 g/mol. The third-order valence-electron chi connectivity index (χ3n) is 5.77. The summed E-state index contributed by atoms with van der Waals surface area (Å²) in [6.45, 7) is 6.52. The number of aliphatic hydroxyl groups excluding tert-OH is 1. The van der Waals surface area contributed by atoms with E-state index in [0.29, 0.717) is 31.0 Å². The number of nitrogens with one attached hydrogen (secondary N) is 1. The summed E-state index contributed by atoms with van der Waals surface area (Å²) in [5.74, 6) is 0.464. The molecule has 0 aromatic heterocycles. The van der Waals surface area contributed by atoms with Gasteiger partial charge in [0.2, 0.25) is 0 Å². The molecule has 0 bridgehead atoms. The van der Waals surface area contributed by atoms with Gasteiger partial charge in [0.25, 0.3) is 0 Å². The highest BCUT2D eigenvalue weighted by Gasteiger charge is 2.38. The fraction of sp³-hybridized carbons (Fsp3) is 0.652. The molecule has 29 heavy (non-hydrogen) atoms. The second-order valence-corrected chi connectivity index (χ2v) is 9.14. The van der Waals surface area contributed by atoms with Crippen LogP contribution in [0.25, 0.3) is 0 Å². The third-order valence-corrected chi connectivity index (χ3v) is 5.77. The maximum atomic E-state index is 12.1. The van der Waals surface area contributed by atoms with E-state index < -0.39 is 23.8 Å². The highest BCUT2D eigenvalue weighted by atomic mass is 16.4. The minimum Gasteiger partial charge on any atom is -0.465 e. The molecule has 0 heterocycles. The normalized spacial score (nSPS) is 17.3. The molecule has 0 aliphatic heterocycles. The zero-order chi connectivity index (χ0) is 21.4. The molecule has 6 nitrogen and oxygen atoms in total. The van der Waals surface area contributed by atoms with Crippen molar-refractivity contribution >= 4 is 6.09 Å². The average molecular weight is 402 g/mol. The largest absolute Gasteiger partial charge is 0.465 e. The van der Waals surface area contributed by atoms with E-state index in [-0.39, 0.29) is 0 Å². The van der Waals surface area contributed by atoms with Crippen molar-refractivity contribution < 1.29 is 15.0 Å². The molecule has 160 valence electrons. The van der Waals surface area contributed by atoms with Crippen molar-refractivity contribution in [2.45, 2.75) is 83.5 Å². The van der Waals surface area contributed by atoms with Gasteiger partial charge in [0, 0.05) is 18.6 Å². The van der Waals surface area contributed by atoms with E-state index in [1.807, 2.05) is 32.9 Å². The van der Waals surface area contributed by atoms with Crippen LogP contribution in [0.2, 0.25) is 0 Å². The molecule has 3 N–H and O–H groups in total. The van der Waals surface area contributed by atoms with Crippen molar-refractivity contribution in [1.82, 2.24) is 10.2 Å². The predicted molar refractivity (Wildman–Crippen MR) is 113 cm³/mol. The van der Waals surface area contributed by atoms with Gasteiger partial charge in [-0.1, -0.05) is 44.2 Å². The standard InChI is InChI=1S/C23H35N3O3/c1-23(2,3)26(22(28)29)20(13-17-7-5-4-6-8-17)21(27)16-25-15-19-11-9-18(14-24)10-12-19/h9-12,17,20-21,25,27H,4-8,13,15-16H2,1-3H3,(H,28,29)/t20-,21+/m0/s1. The first-order valence-electron chi connectivity index (χ1n) is 10.6. The number of amides is 1. The van der Waals surface area contributed by atoms with Crippen LogP contribution in [0, 0.1) is 17.2 Å². The summed E-state index contributed by atoms with van der Waals surface area (Å²) < 4.78 is 0. The monoisotopic (exact) mass is 401 g/mol. The molecule has 1 aromatic carbocycles. The van der Waals surface area contributed by atoms with Gasteiger partial charge in [0.15, 0.2) is 0 Å². The number of hydrogen-bond donors (Lipinski definition) is 3. The maximum absolute atomic E-state index is 12.1. The first kappa shape index (κ1) is 23.2. The van der Waals surface area contributed by atoms with Crippen LogP contribution >= 0.6 is 0 Å². The molecule has 0 spiro atoms. The summed E-state index contributed by atoms with van der Waals surface area (Å²) >= 11 is 0. The summed E-state index contributed by atoms with van der Waals surface area (Å²) in [5, 5.41) is 33.0. The molecule has 1 aliphatic rings. The fourth-order valence-electron chi connectivity index (χ4n) is 4.32. The van der Waals surface area contributed by atoms with Crippen LogP contribution in [0.3, 0.4) is 0 Å². The van der Waals surface area contributed by atoms with E-state index >= 15 is 0 Å². The van der Waals surface area contributed by atoms with E-state index in [9.17, 15) is 15.0 Å². The van der Waals surface area contributed by atoms with Crippen LogP contribution in [0.5, 0.6) is 0 Å². The number of carbonyl (C=O) groups is 1. The Kier molecular flexibility index (Phi) is 8.48. The Morgan fingerprint density at radius 3 is 2.38 bits per heavy atom. The van der Waals surface area contributed by atoms with Crippen LogP contribution in [-0.4, -0.2) is 45.4 Å². The molecule has 1 aromatic rings. The first-order chi connectivity index (χ1) is 13.7. The Bertz CT molecular complexity index is 685. The van der Waals surface area contributed by atoms with Crippen molar-refractivity contribution in [1.29, 1.82) is 5.26 Å². The van der Waals surface area contributed by atoms with Crippen LogP contribution in [-0.2, 0) is 6.54 Å². The highest BCUT2D eigenvalue weighted by Crippen LogP contribution is 2.32. The lowest BCUT2D eigenvalue weighted by Gasteiger charge is -2.43. The van der Waals surface area contributed by atoms with Crippen LogP contribution in [0.15, 0.2) is 24.3 Å². The van der Waals surface area contributed by atoms with Crippen LogP contribution < -0.4 is 5.32 Å². The van der Waals surface area contributed by atoms with Crippen LogP contribution in [0.1, 0.15) is 70.4 Å². The number of hydrogen-bond acceptors (Lipinski definition) is 4. The maximum Gasteiger partial charge on any atom is 0.408 e. The van der Waals surface area contributed by atoms with E-state index in [1.165, 1.54) is 24.2 Å². The van der Waals surface area contributed by atoms with Crippen molar-refractivity contribution in [3.05, 3.63) is 35.4 Å². The Morgan fingerprint density at radius 1 is 1.24 bits per heavy atom. The number of benzene rings is 1. The molecule has 1 saturated carbocycles. The molecule has 1 fully saturated rings. The Hall–Kier alpha value is -2.10. The predicted octanol–water partition coefficient (Wildman–Crippen LogP) is 4.13. The third kappa shape index (κ3) is 7.02. The summed E-state index contributed by atoms with van der Waals surface area (Å²) in [6, 6.07) is 8.97. The Balaban J connectivity index is 2.04. The molecule has 2 atom stereocenters. The van der Waals surface area contributed by atoms with Gasteiger partial charge >= 0.3 is 6.09 Å². The molecule has 0 radical (unpaired) electrons. The number of aliphatic hydroxyl groups is 1. The van der Waals surface area contributed by atoms with E-state index in [1.54, 1.807) is 12.1 Å². The summed E-state index contributed by atoms with van der Waals surface area (Å²) in [6.07, 6.45) is 4.77. The van der Waals surface area contributed by atoms with Crippen molar-refractivity contribution in [2.24, 2.45) is 5.92 Å². The minimum atomic E-state index is -0.982. The number of nitriles is 1. The summed E-state index contributed by atoms with van der Waals surface area (Å²) in [7, 11) is 0. The quantitative estimate of drug-likeness (QED) is 0.609. The average Bonchev–Trinajstić information content (AvgIpc) is 2.67. The van der Waals surface area contributed by atoms with Gasteiger partial charge in [-0.05, 0) is 50.8 Å². The Morgan fingerprint density at radius 2 is 1.86 bits per heavy atom. The van der Waals surface area contributed by atoms with Crippen molar-refractivity contribution in [2.75, 3.05) is 6.54 Å². The molecule has 6 heteroatoms. The smallest absolute Gasteiger partial charge is 0.408 e. The van der Waals surface area contributed by atoms with Gasteiger partial charge < -0.3 is 15.5 Å².